The van der Waals surface area contributed by atoms with Gasteiger partial charge in [-0.2, -0.15) is 0 Å². The summed E-state index contributed by atoms with van der Waals surface area (Å²) in [5.74, 6) is -1.75. The minimum atomic E-state index is -4.28. The predicted molar refractivity (Wildman–Crippen MR) is 83.6 cm³/mol. The van der Waals surface area contributed by atoms with E-state index in [0.717, 1.165) is 6.07 Å². The highest BCUT2D eigenvalue weighted by molar-refractivity contribution is 9.10. The topological polar surface area (TPSA) is 54.5 Å². The van der Waals surface area contributed by atoms with Crippen molar-refractivity contribution in [1.29, 1.82) is 0 Å². The van der Waals surface area contributed by atoms with E-state index >= 15 is 0 Å². The molecule has 0 aromatic heterocycles. The Bertz CT molecular complexity index is 676. The number of hydrogen-bond donors (Lipinski definition) is 0. The molecular weight excluding hydrogens is 385 g/mol. The number of carbonyl (C=O) groups is 1. The van der Waals surface area contributed by atoms with Crippen molar-refractivity contribution in [3.63, 3.8) is 0 Å². The summed E-state index contributed by atoms with van der Waals surface area (Å²) in [7, 11) is 2.46. The van der Waals surface area contributed by atoms with E-state index in [2.05, 4.69) is 15.9 Å². The van der Waals surface area contributed by atoms with Gasteiger partial charge in [0.25, 0.3) is 15.0 Å². The summed E-state index contributed by atoms with van der Waals surface area (Å²) in [6, 6.07) is 2.27. The first-order chi connectivity index (χ1) is 9.41. The molecule has 1 amide bonds. The number of hydrogen-bond acceptors (Lipinski definition) is 3. The molecule has 0 fully saturated rings. The summed E-state index contributed by atoms with van der Waals surface area (Å²) >= 11 is 3.06. The van der Waals surface area contributed by atoms with Gasteiger partial charge in [-0.05, 0) is 32.4 Å². The Hall–Kier alpha value is -0.660. The maximum absolute atomic E-state index is 14.3. The second kappa shape index (κ2) is 6.22. The molecule has 0 unspecified atom stereocenters. The largest absolute Gasteiger partial charge is 0.337 e. The van der Waals surface area contributed by atoms with E-state index in [1.807, 2.05) is 20.8 Å². The fraction of sp³-hybridized carbons (Fsp3) is 0.462. The van der Waals surface area contributed by atoms with Crippen molar-refractivity contribution in [3.8, 4) is 0 Å². The van der Waals surface area contributed by atoms with Gasteiger partial charge in [-0.1, -0.05) is 22.9 Å². The highest BCUT2D eigenvalue weighted by Gasteiger charge is 2.30. The first-order valence-corrected chi connectivity index (χ1v) is 9.24. The van der Waals surface area contributed by atoms with Crippen LogP contribution >= 0.6 is 26.6 Å². The third kappa shape index (κ3) is 3.96. The van der Waals surface area contributed by atoms with Gasteiger partial charge in [0, 0.05) is 27.7 Å². The quantitative estimate of drug-likeness (QED) is 0.723. The van der Waals surface area contributed by atoms with Crippen LogP contribution in [0, 0.1) is 5.82 Å². The normalized spacial score (nSPS) is 12.3. The minimum absolute atomic E-state index is 0.258. The Morgan fingerprint density at radius 3 is 2.38 bits per heavy atom. The zero-order chi connectivity index (χ0) is 16.6. The molecule has 0 radical (unpaired) electrons. The molecule has 8 heteroatoms. The summed E-state index contributed by atoms with van der Waals surface area (Å²) < 4.78 is 37.3. The van der Waals surface area contributed by atoms with E-state index in [-0.39, 0.29) is 10.0 Å². The molecule has 118 valence electrons. The fourth-order valence-electron chi connectivity index (χ4n) is 1.59. The number of nitrogens with zero attached hydrogens (tertiary/aromatic N) is 1. The average molecular weight is 401 g/mol. The van der Waals surface area contributed by atoms with E-state index in [9.17, 15) is 17.6 Å². The highest BCUT2D eigenvalue weighted by atomic mass is 79.9. The molecule has 0 aliphatic carbocycles. The number of benzene rings is 1. The molecule has 0 saturated heterocycles. The Labute approximate surface area is 136 Å². The van der Waals surface area contributed by atoms with Crippen LogP contribution in [0.3, 0.4) is 0 Å². The predicted octanol–water partition coefficient (Wildman–Crippen LogP) is 3.78. The van der Waals surface area contributed by atoms with Crippen LogP contribution in [-0.4, -0.2) is 31.8 Å². The van der Waals surface area contributed by atoms with E-state index in [1.54, 1.807) is 7.05 Å². The Morgan fingerprint density at radius 1 is 1.43 bits per heavy atom. The Kier molecular flexibility index (Phi) is 5.45. The SMILES string of the molecule is CCC(C)(C)N(C)C(=O)c1cc(Br)cc(S(=O)(=O)Cl)c1F. The lowest BCUT2D eigenvalue weighted by atomic mass is 9.99. The van der Waals surface area contributed by atoms with E-state index in [0.29, 0.717) is 6.42 Å². The lowest BCUT2D eigenvalue weighted by Gasteiger charge is -2.35. The van der Waals surface area contributed by atoms with Crippen molar-refractivity contribution in [2.75, 3.05) is 7.05 Å². The smallest absolute Gasteiger partial charge is 0.264 e. The molecule has 1 aromatic carbocycles. The maximum atomic E-state index is 14.3. The monoisotopic (exact) mass is 399 g/mol. The Balaban J connectivity index is 3.45. The first kappa shape index (κ1) is 18.4. The van der Waals surface area contributed by atoms with Gasteiger partial charge in [0.05, 0.1) is 5.56 Å². The van der Waals surface area contributed by atoms with Gasteiger partial charge < -0.3 is 4.90 Å². The molecule has 0 saturated carbocycles. The minimum Gasteiger partial charge on any atom is -0.337 e. The second-order valence-corrected chi connectivity index (χ2v) is 8.68. The van der Waals surface area contributed by atoms with Crippen molar-refractivity contribution in [2.45, 2.75) is 37.6 Å². The second-order valence-electron chi connectivity index (χ2n) is 5.23. The summed E-state index contributed by atoms with van der Waals surface area (Å²) in [5.41, 5.74) is -0.834. The molecule has 0 aliphatic rings. The van der Waals surface area contributed by atoms with Crippen LogP contribution in [0.4, 0.5) is 4.39 Å². The zero-order valence-electron chi connectivity index (χ0n) is 12.1. The number of rotatable bonds is 4. The van der Waals surface area contributed by atoms with Crippen LogP contribution in [0.1, 0.15) is 37.6 Å². The van der Waals surface area contributed by atoms with Crippen LogP contribution in [0.25, 0.3) is 0 Å². The third-order valence-electron chi connectivity index (χ3n) is 3.57. The van der Waals surface area contributed by atoms with Gasteiger partial charge >= 0.3 is 0 Å². The summed E-state index contributed by atoms with van der Waals surface area (Å²) in [4.78, 5) is 13.1. The van der Waals surface area contributed by atoms with Gasteiger partial charge in [-0.15, -0.1) is 0 Å². The molecule has 0 N–H and O–H groups in total. The van der Waals surface area contributed by atoms with E-state index in [4.69, 9.17) is 10.7 Å². The van der Waals surface area contributed by atoms with Crippen molar-refractivity contribution in [2.24, 2.45) is 0 Å². The van der Waals surface area contributed by atoms with E-state index < -0.39 is 31.2 Å². The van der Waals surface area contributed by atoms with Crippen LogP contribution < -0.4 is 0 Å². The molecule has 1 rings (SSSR count). The van der Waals surface area contributed by atoms with E-state index in [1.165, 1.54) is 11.0 Å². The van der Waals surface area contributed by atoms with Crippen molar-refractivity contribution < 1.29 is 17.6 Å². The maximum Gasteiger partial charge on any atom is 0.264 e. The van der Waals surface area contributed by atoms with Crippen molar-refractivity contribution in [1.82, 2.24) is 4.90 Å². The van der Waals surface area contributed by atoms with Crippen LogP contribution in [-0.2, 0) is 9.05 Å². The number of halogens is 3. The lowest BCUT2D eigenvalue weighted by molar-refractivity contribution is 0.0614. The van der Waals surface area contributed by atoms with Gasteiger partial charge in [-0.3, -0.25) is 4.79 Å². The molecule has 0 heterocycles. The van der Waals surface area contributed by atoms with Gasteiger partial charge in [0.1, 0.15) is 4.90 Å². The number of carbonyl (C=O) groups excluding carboxylic acids is 1. The summed E-state index contributed by atoms with van der Waals surface area (Å²) in [5, 5.41) is 0. The third-order valence-corrected chi connectivity index (χ3v) is 5.35. The average Bonchev–Trinajstić information content (AvgIpc) is 2.38. The Morgan fingerprint density at radius 2 is 1.95 bits per heavy atom. The molecule has 1 aromatic rings. The molecule has 4 nitrogen and oxygen atoms in total. The standard InChI is InChI=1S/C13H16BrClFNO3S/c1-5-13(2,3)17(4)12(18)9-6-8(14)7-10(11(9)16)21(15,19)20/h6-7H,5H2,1-4H3. The van der Waals surface area contributed by atoms with Crippen molar-refractivity contribution >= 4 is 41.6 Å². The van der Waals surface area contributed by atoms with Crippen LogP contribution in [0.2, 0.25) is 0 Å². The van der Waals surface area contributed by atoms with Crippen LogP contribution in [0.5, 0.6) is 0 Å². The molecule has 0 spiro atoms. The molecule has 0 atom stereocenters. The first-order valence-electron chi connectivity index (χ1n) is 6.13. The van der Waals surface area contributed by atoms with Gasteiger partial charge in [-0.25, -0.2) is 12.8 Å². The summed E-state index contributed by atoms with van der Waals surface area (Å²) in [6.45, 7) is 5.57. The molecule has 21 heavy (non-hydrogen) atoms. The zero-order valence-corrected chi connectivity index (χ0v) is 15.2. The molecule has 0 aliphatic heterocycles. The summed E-state index contributed by atoms with van der Waals surface area (Å²) in [6.07, 6.45) is 0.658. The fourth-order valence-corrected chi connectivity index (χ4v) is 3.13. The van der Waals surface area contributed by atoms with Gasteiger partial charge in [0.15, 0.2) is 5.82 Å². The number of amides is 1. The lowest BCUT2D eigenvalue weighted by Crippen LogP contribution is -2.44. The highest BCUT2D eigenvalue weighted by Crippen LogP contribution is 2.29. The molecular formula is C13H16BrClFNO3S. The van der Waals surface area contributed by atoms with Crippen LogP contribution in [0.15, 0.2) is 21.5 Å². The van der Waals surface area contributed by atoms with Crippen molar-refractivity contribution in [3.05, 3.63) is 28.0 Å². The molecule has 0 bridgehead atoms. The van der Waals surface area contributed by atoms with Gasteiger partial charge in [0.2, 0.25) is 0 Å².